The summed E-state index contributed by atoms with van der Waals surface area (Å²) < 4.78 is 4.64. The van der Waals surface area contributed by atoms with Gasteiger partial charge in [-0.3, -0.25) is 0 Å². The van der Waals surface area contributed by atoms with Crippen molar-refractivity contribution in [3.63, 3.8) is 0 Å². The van der Waals surface area contributed by atoms with Crippen molar-refractivity contribution in [3.8, 4) is 0 Å². The number of hydrogen-bond acceptors (Lipinski definition) is 4. The number of aromatic nitrogens is 2. The van der Waals surface area contributed by atoms with Gasteiger partial charge in [-0.2, -0.15) is 0 Å². The van der Waals surface area contributed by atoms with E-state index in [1.165, 1.54) is 7.11 Å². The summed E-state index contributed by atoms with van der Waals surface area (Å²) in [5.41, 5.74) is -0.590. The van der Waals surface area contributed by atoms with E-state index in [-0.39, 0.29) is 5.69 Å². The molecule has 2 N–H and O–H groups in total. The summed E-state index contributed by atoms with van der Waals surface area (Å²) in [6.45, 7) is 5.20. The van der Waals surface area contributed by atoms with Crippen molar-refractivity contribution < 1.29 is 14.6 Å². The molecule has 0 fully saturated rings. The summed E-state index contributed by atoms with van der Waals surface area (Å²) in [5.74, 6) is 0.187. The maximum absolute atomic E-state index is 11.5. The average molecular weight is 226 g/mol. The van der Waals surface area contributed by atoms with Gasteiger partial charge >= 0.3 is 5.97 Å². The van der Waals surface area contributed by atoms with Gasteiger partial charge in [0.25, 0.3) is 0 Å². The van der Waals surface area contributed by atoms with Crippen LogP contribution in [0.2, 0.25) is 0 Å². The van der Waals surface area contributed by atoms with Crippen molar-refractivity contribution in [2.45, 2.75) is 39.2 Å². The second kappa shape index (κ2) is 4.65. The highest BCUT2D eigenvalue weighted by molar-refractivity contribution is 5.88. The molecule has 1 aromatic heterocycles. The Morgan fingerprint density at radius 2 is 2.19 bits per heavy atom. The first kappa shape index (κ1) is 12.7. The Kier molecular flexibility index (Phi) is 3.70. The van der Waals surface area contributed by atoms with Crippen LogP contribution in [0, 0.1) is 0 Å². The first-order valence-electron chi connectivity index (χ1n) is 5.30. The highest BCUT2D eigenvalue weighted by Crippen LogP contribution is 2.22. The predicted molar refractivity (Wildman–Crippen MR) is 59.2 cm³/mol. The molecule has 5 nitrogen and oxygen atoms in total. The number of carbonyl (C=O) groups is 1. The van der Waals surface area contributed by atoms with Crippen LogP contribution in [0.1, 0.15) is 49.2 Å². The zero-order valence-electron chi connectivity index (χ0n) is 10.1. The molecule has 0 saturated carbocycles. The van der Waals surface area contributed by atoms with Gasteiger partial charge < -0.3 is 14.8 Å². The summed E-state index contributed by atoms with van der Waals surface area (Å²) in [7, 11) is 1.30. The number of methoxy groups -OCH3 is 1. The zero-order valence-corrected chi connectivity index (χ0v) is 10.1. The molecule has 0 spiro atoms. The number of imidazole rings is 1. The molecule has 0 aliphatic heterocycles. The van der Waals surface area contributed by atoms with Crippen LogP contribution in [0.25, 0.3) is 0 Å². The minimum atomic E-state index is -1.16. The van der Waals surface area contributed by atoms with Crippen LogP contribution in [0.15, 0.2) is 0 Å². The molecule has 1 heterocycles. The SMILES string of the molecule is CCCc1nc(C(C)(C)O)c(C(=O)OC)[nH]1. The maximum atomic E-state index is 11.5. The Morgan fingerprint density at radius 3 is 2.62 bits per heavy atom. The van der Waals surface area contributed by atoms with Gasteiger partial charge in [-0.15, -0.1) is 0 Å². The molecule has 5 heteroatoms. The minimum Gasteiger partial charge on any atom is -0.464 e. The molecule has 0 saturated heterocycles. The molecule has 90 valence electrons. The third kappa shape index (κ3) is 2.61. The Balaban J connectivity index is 3.18. The second-order valence-electron chi connectivity index (χ2n) is 4.21. The largest absolute Gasteiger partial charge is 0.464 e. The Hall–Kier alpha value is -1.36. The van der Waals surface area contributed by atoms with Gasteiger partial charge in [-0.05, 0) is 20.3 Å². The van der Waals surface area contributed by atoms with E-state index >= 15 is 0 Å². The maximum Gasteiger partial charge on any atom is 0.356 e. The van der Waals surface area contributed by atoms with Crippen molar-refractivity contribution >= 4 is 5.97 Å². The monoisotopic (exact) mass is 226 g/mol. The standard InChI is InChI=1S/C11H18N2O3/c1-5-6-7-12-8(10(14)16-4)9(13-7)11(2,3)15/h15H,5-6H2,1-4H3,(H,12,13). The van der Waals surface area contributed by atoms with Gasteiger partial charge in [0.2, 0.25) is 0 Å². The van der Waals surface area contributed by atoms with Crippen LogP contribution in [0.4, 0.5) is 0 Å². The predicted octanol–water partition coefficient (Wildman–Crippen LogP) is 1.38. The molecular weight excluding hydrogens is 208 g/mol. The van der Waals surface area contributed by atoms with E-state index in [4.69, 9.17) is 0 Å². The lowest BCUT2D eigenvalue weighted by molar-refractivity contribution is 0.0539. The third-order valence-electron chi connectivity index (χ3n) is 2.21. The number of aliphatic hydroxyl groups is 1. The number of carbonyl (C=O) groups excluding carboxylic acids is 1. The van der Waals surface area contributed by atoms with Crippen LogP contribution in [0.5, 0.6) is 0 Å². The number of aromatic amines is 1. The molecule has 1 rings (SSSR count). The zero-order chi connectivity index (χ0) is 12.3. The van der Waals surface area contributed by atoms with E-state index in [9.17, 15) is 9.90 Å². The highest BCUT2D eigenvalue weighted by Gasteiger charge is 2.28. The van der Waals surface area contributed by atoms with Crippen LogP contribution in [0.3, 0.4) is 0 Å². The summed E-state index contributed by atoms with van der Waals surface area (Å²) in [5, 5.41) is 9.91. The number of ether oxygens (including phenoxy) is 1. The highest BCUT2D eigenvalue weighted by atomic mass is 16.5. The molecule has 16 heavy (non-hydrogen) atoms. The number of esters is 1. The Labute approximate surface area is 94.8 Å². The summed E-state index contributed by atoms with van der Waals surface area (Å²) in [6.07, 6.45) is 1.65. The molecule has 0 aliphatic carbocycles. The van der Waals surface area contributed by atoms with Gasteiger partial charge in [0.15, 0.2) is 5.69 Å². The number of aryl methyl sites for hydroxylation is 1. The molecule has 0 atom stereocenters. The second-order valence-corrected chi connectivity index (χ2v) is 4.21. The summed E-state index contributed by atoms with van der Waals surface area (Å²) >= 11 is 0. The van der Waals surface area contributed by atoms with Gasteiger partial charge in [-0.25, -0.2) is 9.78 Å². The summed E-state index contributed by atoms with van der Waals surface area (Å²) in [6, 6.07) is 0. The van der Waals surface area contributed by atoms with Crippen molar-refractivity contribution in [2.75, 3.05) is 7.11 Å². The van der Waals surface area contributed by atoms with Crippen LogP contribution >= 0.6 is 0 Å². The normalized spacial score (nSPS) is 11.6. The molecule has 0 aromatic carbocycles. The van der Waals surface area contributed by atoms with E-state index < -0.39 is 11.6 Å². The van der Waals surface area contributed by atoms with Crippen LogP contribution < -0.4 is 0 Å². The van der Waals surface area contributed by atoms with Gasteiger partial charge in [-0.1, -0.05) is 6.92 Å². The van der Waals surface area contributed by atoms with Crippen LogP contribution in [-0.4, -0.2) is 28.2 Å². The van der Waals surface area contributed by atoms with Gasteiger partial charge in [0.1, 0.15) is 17.1 Å². The lowest BCUT2D eigenvalue weighted by Gasteiger charge is -2.15. The van der Waals surface area contributed by atoms with Gasteiger partial charge in [0.05, 0.1) is 7.11 Å². The van der Waals surface area contributed by atoms with Crippen molar-refractivity contribution in [2.24, 2.45) is 0 Å². The minimum absolute atomic E-state index is 0.235. The fourth-order valence-electron chi connectivity index (χ4n) is 1.47. The molecule has 0 amide bonds. The van der Waals surface area contributed by atoms with E-state index in [0.29, 0.717) is 11.5 Å². The first-order chi connectivity index (χ1) is 7.40. The molecular formula is C11H18N2O3. The Bertz CT molecular complexity index is 377. The molecule has 0 unspecified atom stereocenters. The fraction of sp³-hybridized carbons (Fsp3) is 0.636. The molecule has 1 aromatic rings. The number of nitrogens with zero attached hydrogens (tertiary/aromatic N) is 1. The van der Waals surface area contributed by atoms with Gasteiger partial charge in [0, 0.05) is 6.42 Å². The lowest BCUT2D eigenvalue weighted by Crippen LogP contribution is -2.20. The van der Waals surface area contributed by atoms with E-state index in [2.05, 4.69) is 14.7 Å². The number of H-pyrrole nitrogens is 1. The number of rotatable bonds is 4. The number of nitrogens with one attached hydrogen (secondary N) is 1. The molecule has 0 radical (unpaired) electrons. The molecule has 0 aliphatic rings. The van der Waals surface area contributed by atoms with E-state index in [1.807, 2.05) is 6.92 Å². The smallest absolute Gasteiger partial charge is 0.356 e. The van der Waals surface area contributed by atoms with E-state index in [0.717, 1.165) is 12.8 Å². The van der Waals surface area contributed by atoms with Crippen molar-refractivity contribution in [1.29, 1.82) is 0 Å². The van der Waals surface area contributed by atoms with Crippen molar-refractivity contribution in [1.82, 2.24) is 9.97 Å². The molecule has 0 bridgehead atoms. The topological polar surface area (TPSA) is 75.2 Å². The van der Waals surface area contributed by atoms with Crippen molar-refractivity contribution in [3.05, 3.63) is 17.2 Å². The quantitative estimate of drug-likeness (QED) is 0.760. The first-order valence-corrected chi connectivity index (χ1v) is 5.30. The average Bonchev–Trinajstić information content (AvgIpc) is 2.61. The third-order valence-corrected chi connectivity index (χ3v) is 2.21. The number of hydrogen-bond donors (Lipinski definition) is 2. The lowest BCUT2D eigenvalue weighted by atomic mass is 10.0. The fourth-order valence-corrected chi connectivity index (χ4v) is 1.47. The van der Waals surface area contributed by atoms with Crippen LogP contribution in [-0.2, 0) is 16.8 Å². The Morgan fingerprint density at radius 1 is 1.56 bits per heavy atom. The summed E-state index contributed by atoms with van der Waals surface area (Å²) in [4.78, 5) is 18.6. The van der Waals surface area contributed by atoms with E-state index in [1.54, 1.807) is 13.8 Å².